The summed E-state index contributed by atoms with van der Waals surface area (Å²) in [5.74, 6) is -0.403. The van der Waals surface area contributed by atoms with Crippen LogP contribution in [-0.2, 0) is 6.54 Å². The SMILES string of the molecule is O=c1c(C2=NS(O)(O)c3ccccc3N2)c(O)c2ccccc2n1NCc1ccc(Br)cc1. The van der Waals surface area contributed by atoms with Crippen molar-refractivity contribution in [2.75, 3.05) is 10.7 Å². The van der Waals surface area contributed by atoms with Crippen LogP contribution >= 0.6 is 26.7 Å². The van der Waals surface area contributed by atoms with Crippen LogP contribution in [0.25, 0.3) is 10.9 Å². The third-order valence-electron chi connectivity index (χ3n) is 5.30. The van der Waals surface area contributed by atoms with Gasteiger partial charge in [0.2, 0.25) is 0 Å². The van der Waals surface area contributed by atoms with Gasteiger partial charge < -0.3 is 15.8 Å². The minimum atomic E-state index is -3.56. The number of aromatic nitrogens is 1. The molecule has 10 heteroatoms. The van der Waals surface area contributed by atoms with E-state index in [2.05, 4.69) is 31.1 Å². The first kappa shape index (κ1) is 21.5. The maximum absolute atomic E-state index is 13.6. The van der Waals surface area contributed by atoms with Crippen molar-refractivity contribution in [3.05, 3.63) is 98.7 Å². The molecule has 33 heavy (non-hydrogen) atoms. The number of amidine groups is 1. The Balaban J connectivity index is 1.65. The summed E-state index contributed by atoms with van der Waals surface area (Å²) < 4.78 is 27.5. The number of para-hydroxylation sites is 2. The molecule has 168 valence electrons. The number of anilines is 1. The molecule has 0 atom stereocenters. The molecular formula is C23H19BrN4O4S. The molecule has 0 saturated heterocycles. The molecule has 8 nitrogen and oxygen atoms in total. The minimum absolute atomic E-state index is 0.110. The van der Waals surface area contributed by atoms with Crippen LogP contribution in [0.1, 0.15) is 11.1 Å². The zero-order chi connectivity index (χ0) is 23.2. The van der Waals surface area contributed by atoms with E-state index in [1.54, 1.807) is 48.5 Å². The summed E-state index contributed by atoms with van der Waals surface area (Å²) in [7, 11) is -3.56. The zero-order valence-electron chi connectivity index (χ0n) is 17.1. The molecule has 0 spiro atoms. The molecule has 4 aromatic rings. The highest BCUT2D eigenvalue weighted by Gasteiger charge is 2.30. The number of nitrogens with zero attached hydrogens (tertiary/aromatic N) is 2. The van der Waals surface area contributed by atoms with Gasteiger partial charge in [0.25, 0.3) is 5.56 Å². The smallest absolute Gasteiger partial charge is 0.284 e. The number of benzene rings is 3. The Kier molecular flexibility index (Phi) is 5.37. The predicted octanol–water partition coefficient (Wildman–Crippen LogP) is 5.11. The van der Waals surface area contributed by atoms with Gasteiger partial charge in [0.15, 0.2) is 5.84 Å². The van der Waals surface area contributed by atoms with Gasteiger partial charge in [-0.05, 0) is 42.0 Å². The van der Waals surface area contributed by atoms with Crippen molar-refractivity contribution >= 4 is 49.1 Å². The first-order valence-electron chi connectivity index (χ1n) is 9.95. The largest absolute Gasteiger partial charge is 0.506 e. The number of rotatable bonds is 4. The third kappa shape index (κ3) is 3.87. The van der Waals surface area contributed by atoms with E-state index in [0.717, 1.165) is 10.0 Å². The fourth-order valence-electron chi connectivity index (χ4n) is 3.71. The van der Waals surface area contributed by atoms with Crippen molar-refractivity contribution in [3.8, 4) is 5.75 Å². The number of aromatic hydroxyl groups is 1. The van der Waals surface area contributed by atoms with E-state index < -0.39 is 16.3 Å². The summed E-state index contributed by atoms with van der Waals surface area (Å²) in [6.07, 6.45) is 0. The van der Waals surface area contributed by atoms with Crippen LogP contribution in [0, 0.1) is 0 Å². The molecule has 5 N–H and O–H groups in total. The molecule has 0 aliphatic carbocycles. The average Bonchev–Trinajstić information content (AvgIpc) is 2.80. The van der Waals surface area contributed by atoms with Gasteiger partial charge in [-0.25, -0.2) is 4.68 Å². The highest BCUT2D eigenvalue weighted by molar-refractivity contribution is 9.10. The van der Waals surface area contributed by atoms with Gasteiger partial charge >= 0.3 is 0 Å². The van der Waals surface area contributed by atoms with Gasteiger partial charge in [0.05, 0.1) is 17.7 Å². The van der Waals surface area contributed by atoms with E-state index in [4.69, 9.17) is 0 Å². The Labute approximate surface area is 198 Å². The summed E-state index contributed by atoms with van der Waals surface area (Å²) >= 11 is 3.41. The van der Waals surface area contributed by atoms with Crippen LogP contribution in [0.5, 0.6) is 5.75 Å². The van der Waals surface area contributed by atoms with Crippen molar-refractivity contribution in [2.45, 2.75) is 11.4 Å². The summed E-state index contributed by atoms with van der Waals surface area (Å²) in [6, 6.07) is 21.2. The van der Waals surface area contributed by atoms with Gasteiger partial charge in [-0.3, -0.25) is 13.9 Å². The highest BCUT2D eigenvalue weighted by atomic mass is 79.9. The van der Waals surface area contributed by atoms with E-state index in [1.165, 1.54) is 4.68 Å². The molecule has 2 heterocycles. The molecule has 0 bridgehead atoms. The third-order valence-corrected chi connectivity index (χ3v) is 7.21. The fourth-order valence-corrected chi connectivity index (χ4v) is 5.14. The number of hydrogen-bond acceptors (Lipinski definition) is 7. The number of hydrogen-bond donors (Lipinski definition) is 5. The van der Waals surface area contributed by atoms with Gasteiger partial charge in [-0.15, -0.1) is 4.40 Å². The molecule has 0 unspecified atom stereocenters. The Morgan fingerprint density at radius 3 is 2.48 bits per heavy atom. The maximum atomic E-state index is 13.6. The number of pyridine rings is 1. The molecule has 3 aromatic carbocycles. The van der Waals surface area contributed by atoms with Gasteiger partial charge in [-0.2, -0.15) is 0 Å². The highest BCUT2D eigenvalue weighted by Crippen LogP contribution is 2.55. The van der Waals surface area contributed by atoms with Crippen molar-refractivity contribution in [1.29, 1.82) is 0 Å². The molecule has 0 radical (unpaired) electrons. The molecule has 5 rings (SSSR count). The minimum Gasteiger partial charge on any atom is -0.506 e. The Morgan fingerprint density at radius 2 is 1.70 bits per heavy atom. The molecule has 1 aliphatic rings. The molecular weight excluding hydrogens is 508 g/mol. The zero-order valence-corrected chi connectivity index (χ0v) is 19.5. The lowest BCUT2D eigenvalue weighted by molar-refractivity contribution is 0.478. The standard InChI is InChI=1S/C23H19BrN4O4S/c24-15-11-9-14(10-12-15)13-25-28-18-7-3-1-5-16(18)21(29)20(23(28)30)22-26-17-6-2-4-8-19(17)33(31,32)27-22/h1-12,25,29,31-32H,13H2,(H,26,27). The van der Waals surface area contributed by atoms with E-state index in [0.29, 0.717) is 23.1 Å². The number of fused-ring (bicyclic) bond motifs is 2. The first-order valence-corrected chi connectivity index (χ1v) is 12.2. The van der Waals surface area contributed by atoms with Crippen molar-refractivity contribution in [3.63, 3.8) is 0 Å². The number of halogens is 1. The number of nitrogens with one attached hydrogen (secondary N) is 2. The molecule has 0 amide bonds. The topological polar surface area (TPSA) is 119 Å². The van der Waals surface area contributed by atoms with E-state index in [-0.39, 0.29) is 22.0 Å². The lowest BCUT2D eigenvalue weighted by Crippen LogP contribution is -2.36. The van der Waals surface area contributed by atoms with Crippen LogP contribution in [-0.4, -0.2) is 24.7 Å². The normalized spacial score (nSPS) is 15.3. The van der Waals surface area contributed by atoms with Crippen LogP contribution in [0.2, 0.25) is 0 Å². The molecule has 0 fully saturated rings. The summed E-state index contributed by atoms with van der Waals surface area (Å²) in [4.78, 5) is 13.8. The average molecular weight is 527 g/mol. The second-order valence-corrected chi connectivity index (χ2v) is 10.00. The molecule has 0 saturated carbocycles. The van der Waals surface area contributed by atoms with Crippen LogP contribution in [0.15, 0.2) is 91.4 Å². The summed E-state index contributed by atoms with van der Waals surface area (Å²) in [6.45, 7) is 0.347. The lowest BCUT2D eigenvalue weighted by atomic mass is 10.1. The van der Waals surface area contributed by atoms with Crippen LogP contribution in [0.4, 0.5) is 5.69 Å². The van der Waals surface area contributed by atoms with Gasteiger partial charge in [0.1, 0.15) is 16.2 Å². The first-order chi connectivity index (χ1) is 15.8. The monoisotopic (exact) mass is 526 g/mol. The quantitative estimate of drug-likeness (QED) is 0.252. The maximum Gasteiger partial charge on any atom is 0.284 e. The van der Waals surface area contributed by atoms with E-state index in [1.807, 2.05) is 24.3 Å². The van der Waals surface area contributed by atoms with Gasteiger partial charge in [0, 0.05) is 9.86 Å². The second kappa shape index (κ2) is 8.23. The van der Waals surface area contributed by atoms with Crippen LogP contribution < -0.4 is 16.3 Å². The Hall–Kier alpha value is -3.31. The molecule has 1 aromatic heterocycles. The van der Waals surface area contributed by atoms with Crippen LogP contribution in [0.3, 0.4) is 0 Å². The predicted molar refractivity (Wildman–Crippen MR) is 135 cm³/mol. The summed E-state index contributed by atoms with van der Waals surface area (Å²) in [5.41, 5.74) is 4.20. The summed E-state index contributed by atoms with van der Waals surface area (Å²) in [5, 5.41) is 14.4. The van der Waals surface area contributed by atoms with E-state index >= 15 is 0 Å². The fraction of sp³-hybridized carbons (Fsp3) is 0.0435. The van der Waals surface area contributed by atoms with E-state index in [9.17, 15) is 19.0 Å². The lowest BCUT2D eigenvalue weighted by Gasteiger charge is -2.34. The van der Waals surface area contributed by atoms with Gasteiger partial charge in [-0.1, -0.05) is 63.1 Å². The second-order valence-electron chi connectivity index (χ2n) is 7.42. The van der Waals surface area contributed by atoms with Crippen molar-refractivity contribution in [1.82, 2.24) is 4.68 Å². The van der Waals surface area contributed by atoms with Crippen molar-refractivity contribution in [2.24, 2.45) is 4.40 Å². The Morgan fingerprint density at radius 1 is 1.00 bits per heavy atom. The van der Waals surface area contributed by atoms with Crippen molar-refractivity contribution < 1.29 is 14.2 Å². The molecule has 1 aliphatic heterocycles. The Bertz CT molecular complexity index is 1470.